The zero-order chi connectivity index (χ0) is 15.1. The fourth-order valence-corrected chi connectivity index (χ4v) is 3.03. The number of esters is 1. The second kappa shape index (κ2) is 5.07. The summed E-state index contributed by atoms with van der Waals surface area (Å²) in [5.41, 5.74) is -0.598. The lowest BCUT2D eigenvalue weighted by Crippen LogP contribution is -2.50. The quantitative estimate of drug-likeness (QED) is 0.718. The Morgan fingerprint density at radius 3 is 2.55 bits per heavy atom. The molecule has 112 valence electrons. The lowest BCUT2D eigenvalue weighted by Gasteiger charge is -2.35. The van der Waals surface area contributed by atoms with Crippen LogP contribution < -0.4 is 0 Å². The molecule has 0 spiro atoms. The number of ketones is 1. The molecule has 6 nitrogen and oxygen atoms in total. The van der Waals surface area contributed by atoms with Gasteiger partial charge in [-0.15, -0.1) is 0 Å². The molecule has 1 saturated carbocycles. The minimum atomic E-state index is -0.598. The van der Waals surface area contributed by atoms with E-state index in [0.717, 1.165) is 0 Å². The largest absolute Gasteiger partial charge is 0.469 e. The lowest BCUT2D eigenvalue weighted by molar-refractivity contribution is -0.142. The van der Waals surface area contributed by atoms with Crippen LogP contribution in [0.5, 0.6) is 0 Å². The normalized spacial score (nSPS) is 28.7. The third kappa shape index (κ3) is 2.78. The van der Waals surface area contributed by atoms with Crippen molar-refractivity contribution in [2.24, 2.45) is 5.92 Å². The molecule has 2 aliphatic rings. The van der Waals surface area contributed by atoms with Gasteiger partial charge in [0.1, 0.15) is 11.4 Å². The number of likely N-dealkylation sites (tertiary alicyclic amines) is 1. The van der Waals surface area contributed by atoms with Gasteiger partial charge in [0.05, 0.1) is 19.6 Å². The highest BCUT2D eigenvalue weighted by molar-refractivity contribution is 5.89. The van der Waals surface area contributed by atoms with E-state index in [0.29, 0.717) is 12.8 Å². The van der Waals surface area contributed by atoms with E-state index >= 15 is 0 Å². The third-order valence-corrected chi connectivity index (χ3v) is 3.80. The van der Waals surface area contributed by atoms with Crippen molar-refractivity contribution in [3.05, 3.63) is 0 Å². The minimum Gasteiger partial charge on any atom is -0.469 e. The molecule has 3 atom stereocenters. The van der Waals surface area contributed by atoms with Crippen LogP contribution in [0.15, 0.2) is 0 Å². The van der Waals surface area contributed by atoms with E-state index in [1.54, 1.807) is 25.7 Å². The zero-order valence-electron chi connectivity index (χ0n) is 12.3. The number of amides is 1. The number of piperidine rings is 1. The summed E-state index contributed by atoms with van der Waals surface area (Å²) in [4.78, 5) is 37.2. The topological polar surface area (TPSA) is 72.9 Å². The van der Waals surface area contributed by atoms with E-state index in [2.05, 4.69) is 4.74 Å². The maximum absolute atomic E-state index is 12.3. The number of fused-ring (bicyclic) bond motifs is 2. The number of methoxy groups -OCH3 is 1. The van der Waals surface area contributed by atoms with Gasteiger partial charge in [-0.25, -0.2) is 4.79 Å². The molecule has 1 amide bonds. The molecule has 2 rings (SSSR count). The Morgan fingerprint density at radius 1 is 1.35 bits per heavy atom. The molecule has 2 unspecified atom stereocenters. The van der Waals surface area contributed by atoms with E-state index in [1.807, 2.05) is 0 Å². The molecular weight excluding hydrogens is 262 g/mol. The van der Waals surface area contributed by atoms with Crippen molar-refractivity contribution in [3.8, 4) is 0 Å². The van der Waals surface area contributed by atoms with Gasteiger partial charge < -0.3 is 14.4 Å². The number of carbonyl (C=O) groups is 3. The van der Waals surface area contributed by atoms with Crippen LogP contribution >= 0.6 is 0 Å². The molecule has 1 aliphatic carbocycles. The summed E-state index contributed by atoms with van der Waals surface area (Å²) in [5, 5.41) is 0. The molecule has 1 heterocycles. The first-order chi connectivity index (χ1) is 9.23. The predicted molar refractivity (Wildman–Crippen MR) is 70.0 cm³/mol. The monoisotopic (exact) mass is 283 g/mol. The molecule has 1 saturated heterocycles. The van der Waals surface area contributed by atoms with E-state index < -0.39 is 23.7 Å². The van der Waals surface area contributed by atoms with E-state index in [1.165, 1.54) is 7.11 Å². The highest BCUT2D eigenvalue weighted by atomic mass is 16.6. The van der Waals surface area contributed by atoms with Crippen molar-refractivity contribution in [3.63, 3.8) is 0 Å². The summed E-state index contributed by atoms with van der Waals surface area (Å²) in [5.74, 6) is -0.542. The molecule has 20 heavy (non-hydrogen) atoms. The zero-order valence-corrected chi connectivity index (χ0v) is 12.3. The van der Waals surface area contributed by atoms with Gasteiger partial charge in [0.25, 0.3) is 0 Å². The Kier molecular flexibility index (Phi) is 3.75. The lowest BCUT2D eigenvalue weighted by atomic mass is 9.95. The fourth-order valence-electron chi connectivity index (χ4n) is 3.03. The van der Waals surface area contributed by atoms with Gasteiger partial charge >= 0.3 is 12.1 Å². The second-order valence-electron chi connectivity index (χ2n) is 6.40. The fraction of sp³-hybridized carbons (Fsp3) is 0.786. The molecule has 0 aromatic rings. The van der Waals surface area contributed by atoms with Crippen LogP contribution in [0.2, 0.25) is 0 Å². The minimum absolute atomic E-state index is 0.0443. The van der Waals surface area contributed by atoms with Gasteiger partial charge in [-0.3, -0.25) is 9.59 Å². The van der Waals surface area contributed by atoms with Gasteiger partial charge in [-0.05, 0) is 27.2 Å². The van der Waals surface area contributed by atoms with Gasteiger partial charge in [0.15, 0.2) is 0 Å². The summed E-state index contributed by atoms with van der Waals surface area (Å²) in [6.45, 7) is 5.37. The summed E-state index contributed by atoms with van der Waals surface area (Å²) in [6.07, 6.45) is 0.579. The molecule has 0 radical (unpaired) electrons. The summed E-state index contributed by atoms with van der Waals surface area (Å²) < 4.78 is 10.0. The molecule has 2 fully saturated rings. The summed E-state index contributed by atoms with van der Waals surface area (Å²) in [6, 6.07) is -0.569. The Morgan fingerprint density at radius 2 is 2.00 bits per heavy atom. The van der Waals surface area contributed by atoms with Crippen molar-refractivity contribution < 1.29 is 23.9 Å². The Labute approximate surface area is 118 Å². The molecule has 0 aromatic carbocycles. The molecular formula is C14H21NO5. The number of nitrogens with zero attached hydrogens (tertiary/aromatic N) is 1. The van der Waals surface area contributed by atoms with Crippen LogP contribution in [0, 0.1) is 5.92 Å². The SMILES string of the molecule is COC(=O)C[C@H]1C2CC(CC2=O)N1C(=O)OC(C)(C)C. The number of carbonyl (C=O) groups excluding carboxylic acids is 3. The first kappa shape index (κ1) is 14.8. The van der Waals surface area contributed by atoms with Crippen LogP contribution in [-0.2, 0) is 19.1 Å². The maximum Gasteiger partial charge on any atom is 0.410 e. The first-order valence-electron chi connectivity index (χ1n) is 6.84. The number of hydrogen-bond acceptors (Lipinski definition) is 5. The van der Waals surface area contributed by atoms with E-state index in [9.17, 15) is 14.4 Å². The average molecular weight is 283 g/mol. The van der Waals surface area contributed by atoms with Crippen LogP contribution in [0.3, 0.4) is 0 Å². The first-order valence-corrected chi connectivity index (χ1v) is 6.84. The average Bonchev–Trinajstić information content (AvgIpc) is 2.82. The van der Waals surface area contributed by atoms with Gasteiger partial charge in [-0.1, -0.05) is 0 Å². The molecule has 6 heteroatoms. The number of Topliss-reactive ketones (excluding diaryl/α,β-unsaturated/α-hetero) is 1. The second-order valence-corrected chi connectivity index (χ2v) is 6.40. The van der Waals surface area contributed by atoms with Gasteiger partial charge in [0, 0.05) is 18.4 Å². The van der Waals surface area contributed by atoms with Crippen LogP contribution in [-0.4, -0.2) is 47.5 Å². The Balaban J connectivity index is 2.15. The number of rotatable bonds is 2. The highest BCUT2D eigenvalue weighted by Gasteiger charge is 2.54. The molecule has 2 bridgehead atoms. The molecule has 1 aliphatic heterocycles. The van der Waals surface area contributed by atoms with Crippen molar-refractivity contribution in [1.82, 2.24) is 4.90 Å². The van der Waals surface area contributed by atoms with Crippen molar-refractivity contribution in [2.75, 3.05) is 7.11 Å². The van der Waals surface area contributed by atoms with Crippen LogP contribution in [0.1, 0.15) is 40.0 Å². The van der Waals surface area contributed by atoms with Crippen molar-refractivity contribution in [1.29, 1.82) is 0 Å². The standard InChI is InChI=1S/C14H21NO5/c1-14(2,3)20-13(18)15-8-5-9(11(16)6-8)10(15)7-12(17)19-4/h8-10H,5-7H2,1-4H3/t8?,9?,10-/m0/s1. The number of ether oxygens (including phenoxy) is 2. The maximum atomic E-state index is 12.3. The van der Waals surface area contributed by atoms with Gasteiger partial charge in [-0.2, -0.15) is 0 Å². The predicted octanol–water partition coefficient (Wildman–Crippen LogP) is 1.52. The summed E-state index contributed by atoms with van der Waals surface area (Å²) >= 11 is 0. The van der Waals surface area contributed by atoms with Crippen LogP contribution in [0.25, 0.3) is 0 Å². The van der Waals surface area contributed by atoms with Crippen molar-refractivity contribution >= 4 is 17.8 Å². The molecule has 0 aromatic heterocycles. The Hall–Kier alpha value is -1.59. The third-order valence-electron chi connectivity index (χ3n) is 3.80. The van der Waals surface area contributed by atoms with E-state index in [-0.39, 0.29) is 24.2 Å². The summed E-state index contributed by atoms with van der Waals surface area (Å²) in [7, 11) is 1.30. The van der Waals surface area contributed by atoms with Crippen molar-refractivity contribution in [2.45, 2.75) is 57.7 Å². The highest BCUT2D eigenvalue weighted by Crippen LogP contribution is 2.42. The Bertz CT molecular complexity index is 439. The smallest absolute Gasteiger partial charge is 0.410 e. The molecule has 0 N–H and O–H groups in total. The van der Waals surface area contributed by atoms with E-state index in [4.69, 9.17) is 4.74 Å². The number of hydrogen-bond donors (Lipinski definition) is 0. The van der Waals surface area contributed by atoms with Crippen LogP contribution in [0.4, 0.5) is 4.79 Å². The van der Waals surface area contributed by atoms with Gasteiger partial charge in [0.2, 0.25) is 0 Å².